The van der Waals surface area contributed by atoms with Crippen LogP contribution in [0.5, 0.6) is 0 Å². The van der Waals surface area contributed by atoms with E-state index >= 15 is 0 Å². The molecule has 0 radical (unpaired) electrons. The summed E-state index contributed by atoms with van der Waals surface area (Å²) < 4.78 is 0. The number of carbonyl (C=O) groups is 1. The van der Waals surface area contributed by atoms with E-state index in [0.29, 0.717) is 21.0 Å². The Morgan fingerprint density at radius 3 is 2.17 bits per heavy atom. The van der Waals surface area contributed by atoms with Crippen molar-refractivity contribution in [2.45, 2.75) is 31.3 Å². The van der Waals surface area contributed by atoms with Crippen LogP contribution in [0, 0.1) is 0 Å². The van der Waals surface area contributed by atoms with Gasteiger partial charge in [-0.3, -0.25) is 4.90 Å². The van der Waals surface area contributed by atoms with Gasteiger partial charge in [-0.1, -0.05) is 53.5 Å². The molecule has 3 aromatic carbocycles. The molecule has 9 heteroatoms. The first-order chi connectivity index (χ1) is 19.9. The quantitative estimate of drug-likeness (QED) is 0.175. The van der Waals surface area contributed by atoms with Gasteiger partial charge in [0.15, 0.2) is 0 Å². The Morgan fingerprint density at radius 2 is 1.56 bits per heavy atom. The normalized spacial score (nSPS) is 14.5. The molecular formula is C32H28Cl2N4O2S. The Morgan fingerprint density at radius 1 is 0.927 bits per heavy atom. The number of fused-ring (bicyclic) bond motifs is 1. The van der Waals surface area contributed by atoms with Crippen LogP contribution in [0.3, 0.4) is 0 Å². The first kappa shape index (κ1) is 27.7. The predicted octanol–water partition coefficient (Wildman–Crippen LogP) is 7.95. The summed E-state index contributed by atoms with van der Waals surface area (Å²) in [6, 6.07) is 26.3. The van der Waals surface area contributed by atoms with Gasteiger partial charge in [-0.25, -0.2) is 4.79 Å². The number of nitrogens with one attached hydrogen (secondary N) is 1. The maximum Gasteiger partial charge on any atom is 0.345 e. The van der Waals surface area contributed by atoms with E-state index in [9.17, 15) is 9.90 Å². The van der Waals surface area contributed by atoms with Gasteiger partial charge in [0.1, 0.15) is 4.88 Å². The highest BCUT2D eigenvalue weighted by Gasteiger charge is 2.22. The van der Waals surface area contributed by atoms with Crippen LogP contribution in [0.4, 0.5) is 5.69 Å². The minimum Gasteiger partial charge on any atom is -0.477 e. The molecule has 0 saturated carbocycles. The summed E-state index contributed by atoms with van der Waals surface area (Å²) >= 11 is 13.8. The van der Waals surface area contributed by atoms with Crippen molar-refractivity contribution < 1.29 is 9.90 Å². The second-order valence-corrected chi connectivity index (χ2v) is 12.4. The van der Waals surface area contributed by atoms with Gasteiger partial charge >= 0.3 is 5.97 Å². The average molecular weight is 604 g/mol. The first-order valence-electron chi connectivity index (χ1n) is 13.5. The largest absolute Gasteiger partial charge is 0.477 e. The minimum atomic E-state index is -0.863. The number of rotatable bonds is 8. The van der Waals surface area contributed by atoms with E-state index in [1.165, 1.54) is 11.3 Å². The van der Waals surface area contributed by atoms with Crippen molar-refractivity contribution in [2.75, 3.05) is 18.4 Å². The number of thiophene rings is 1. The summed E-state index contributed by atoms with van der Waals surface area (Å²) in [7, 11) is 0. The summed E-state index contributed by atoms with van der Waals surface area (Å²) in [6.07, 6.45) is 3.79. The predicted molar refractivity (Wildman–Crippen MR) is 167 cm³/mol. The molecule has 0 atom stereocenters. The van der Waals surface area contributed by atoms with Gasteiger partial charge in [0.2, 0.25) is 0 Å². The zero-order valence-electron chi connectivity index (χ0n) is 22.1. The molecule has 1 aliphatic rings. The highest BCUT2D eigenvalue weighted by molar-refractivity contribution is 7.13. The smallest absolute Gasteiger partial charge is 0.345 e. The SMILES string of the molecule is O=C(O)c1ccc(CN2CCC(Nc3cnnc4ccc(C(c5ccc(Cl)cc5)c5ccc(Cl)cc5)cc34)CC2)s1. The van der Waals surface area contributed by atoms with Crippen LogP contribution >= 0.6 is 34.5 Å². The number of benzene rings is 3. The minimum absolute atomic E-state index is 0.00270. The fraction of sp³-hybridized carbons (Fsp3) is 0.219. The Hall–Kier alpha value is -3.49. The number of carboxylic acid groups (broad SMARTS) is 1. The first-order valence-corrected chi connectivity index (χ1v) is 15.1. The zero-order chi connectivity index (χ0) is 28.3. The molecule has 2 aromatic heterocycles. The highest BCUT2D eigenvalue weighted by atomic mass is 35.5. The summed E-state index contributed by atoms with van der Waals surface area (Å²) in [6.45, 7) is 2.66. The van der Waals surface area contributed by atoms with Crippen LogP contribution in [0.25, 0.3) is 10.9 Å². The number of hydrogen-bond donors (Lipinski definition) is 2. The Labute approximate surface area is 252 Å². The van der Waals surface area contributed by atoms with Gasteiger partial charge in [-0.15, -0.1) is 11.3 Å². The molecule has 41 heavy (non-hydrogen) atoms. The van der Waals surface area contributed by atoms with Gasteiger partial charge < -0.3 is 10.4 Å². The van der Waals surface area contributed by atoms with E-state index in [4.69, 9.17) is 23.2 Å². The second-order valence-electron chi connectivity index (χ2n) is 10.3. The van der Waals surface area contributed by atoms with Gasteiger partial charge in [0, 0.05) is 51.9 Å². The molecule has 6 rings (SSSR count). The molecule has 0 aliphatic carbocycles. The van der Waals surface area contributed by atoms with Crippen molar-refractivity contribution in [3.63, 3.8) is 0 Å². The average Bonchev–Trinajstić information content (AvgIpc) is 3.45. The molecule has 208 valence electrons. The van der Waals surface area contributed by atoms with E-state index in [1.54, 1.807) is 6.07 Å². The molecule has 0 unspecified atom stereocenters. The molecule has 2 N–H and O–H groups in total. The number of likely N-dealkylation sites (tertiary alicyclic amines) is 1. The van der Waals surface area contributed by atoms with Crippen LogP contribution in [-0.4, -0.2) is 45.3 Å². The highest BCUT2D eigenvalue weighted by Crippen LogP contribution is 2.36. The lowest BCUT2D eigenvalue weighted by atomic mass is 9.84. The van der Waals surface area contributed by atoms with E-state index in [1.807, 2.05) is 42.6 Å². The van der Waals surface area contributed by atoms with Crippen LogP contribution in [-0.2, 0) is 6.54 Å². The Kier molecular flexibility index (Phi) is 8.21. The van der Waals surface area contributed by atoms with E-state index in [2.05, 4.69) is 56.8 Å². The monoisotopic (exact) mass is 602 g/mol. The van der Waals surface area contributed by atoms with Crippen molar-refractivity contribution in [3.05, 3.63) is 122 Å². The third-order valence-corrected chi connectivity index (χ3v) is 9.16. The van der Waals surface area contributed by atoms with Crippen molar-refractivity contribution in [2.24, 2.45) is 0 Å². The lowest BCUT2D eigenvalue weighted by molar-refractivity contribution is 0.0702. The molecular weight excluding hydrogens is 575 g/mol. The topological polar surface area (TPSA) is 78.4 Å². The second kappa shape index (κ2) is 12.2. The van der Waals surface area contributed by atoms with E-state index in [-0.39, 0.29) is 5.92 Å². The Bertz CT molecular complexity index is 1620. The number of nitrogens with zero attached hydrogens (tertiary/aromatic N) is 3. The van der Waals surface area contributed by atoms with Crippen molar-refractivity contribution >= 4 is 57.1 Å². The maximum atomic E-state index is 11.2. The summed E-state index contributed by atoms with van der Waals surface area (Å²) in [5.41, 5.74) is 5.24. The van der Waals surface area contributed by atoms with Crippen molar-refractivity contribution in [3.8, 4) is 0 Å². The van der Waals surface area contributed by atoms with Crippen LogP contribution in [0.2, 0.25) is 10.0 Å². The lowest BCUT2D eigenvalue weighted by Crippen LogP contribution is -2.38. The number of aromatic carboxylic acids is 1. The van der Waals surface area contributed by atoms with E-state index in [0.717, 1.165) is 70.6 Å². The molecule has 1 saturated heterocycles. The van der Waals surface area contributed by atoms with Crippen LogP contribution in [0.15, 0.2) is 85.1 Å². The van der Waals surface area contributed by atoms with Gasteiger partial charge in [0.05, 0.1) is 17.4 Å². The van der Waals surface area contributed by atoms with Crippen molar-refractivity contribution in [1.82, 2.24) is 15.1 Å². The summed E-state index contributed by atoms with van der Waals surface area (Å²) in [5.74, 6) is -0.866. The lowest BCUT2D eigenvalue weighted by Gasteiger charge is -2.32. The summed E-state index contributed by atoms with van der Waals surface area (Å²) in [4.78, 5) is 15.1. The van der Waals surface area contributed by atoms with Crippen LogP contribution < -0.4 is 5.32 Å². The number of piperidine rings is 1. The number of anilines is 1. The number of halogens is 2. The molecule has 0 bridgehead atoms. The molecule has 0 spiro atoms. The molecule has 5 aromatic rings. The molecule has 1 fully saturated rings. The van der Waals surface area contributed by atoms with Crippen molar-refractivity contribution in [1.29, 1.82) is 0 Å². The summed E-state index contributed by atoms with van der Waals surface area (Å²) in [5, 5.41) is 24.1. The fourth-order valence-corrected chi connectivity index (χ4v) is 6.65. The standard InChI is InChI=1S/C32H28Cl2N4O2S/c33-23-6-1-20(2-7-23)31(21-3-8-24(34)9-4-21)22-5-11-28-27(17-22)29(18-35-37-28)36-25-13-15-38(16-14-25)19-26-10-12-30(41-26)32(39)40/h1-12,17-18,25,31H,13-16,19H2,(H,36,37)(H,39,40). The third-order valence-electron chi connectivity index (χ3n) is 7.60. The molecule has 3 heterocycles. The third kappa shape index (κ3) is 6.39. The molecule has 1 aliphatic heterocycles. The zero-order valence-corrected chi connectivity index (χ0v) is 24.5. The molecule has 6 nitrogen and oxygen atoms in total. The number of carboxylic acids is 1. The van der Waals surface area contributed by atoms with Gasteiger partial charge in [0.25, 0.3) is 0 Å². The number of hydrogen-bond acceptors (Lipinski definition) is 6. The van der Waals surface area contributed by atoms with Gasteiger partial charge in [-0.05, 0) is 78.1 Å². The van der Waals surface area contributed by atoms with Gasteiger partial charge in [-0.2, -0.15) is 10.2 Å². The maximum absolute atomic E-state index is 11.2. The fourth-order valence-electron chi connectivity index (χ4n) is 5.51. The molecule has 0 amide bonds. The number of aromatic nitrogens is 2. The van der Waals surface area contributed by atoms with Crippen LogP contribution in [0.1, 0.15) is 50.0 Å². The Balaban J connectivity index is 1.23. The van der Waals surface area contributed by atoms with E-state index < -0.39 is 5.97 Å².